The zero-order valence-corrected chi connectivity index (χ0v) is 10.9. The van der Waals surface area contributed by atoms with Gasteiger partial charge in [-0.2, -0.15) is 0 Å². The number of halogens is 2. The minimum atomic E-state index is -2.47. The molecule has 1 aromatic rings. The van der Waals surface area contributed by atoms with Crippen LogP contribution < -0.4 is 11.1 Å². The Hall–Kier alpha value is -1.89. The summed E-state index contributed by atoms with van der Waals surface area (Å²) in [5.74, 6) is -1.41. The number of carbonyl (C=O) groups excluding carboxylic acids is 1. The topological polar surface area (TPSA) is 73.6 Å². The zero-order valence-electron chi connectivity index (χ0n) is 10.9. The van der Waals surface area contributed by atoms with Gasteiger partial charge in [-0.25, -0.2) is 13.6 Å². The molecule has 0 saturated carbocycles. The van der Waals surface area contributed by atoms with Crippen molar-refractivity contribution in [3.8, 4) is 0 Å². The number of rotatable bonds is 4. The fourth-order valence-corrected chi connectivity index (χ4v) is 2.09. The van der Waals surface area contributed by atoms with Crippen LogP contribution in [-0.2, 0) is 9.47 Å². The lowest BCUT2D eigenvalue weighted by molar-refractivity contribution is 0.0599. The lowest BCUT2D eigenvalue weighted by Gasteiger charge is -2.20. The molecule has 7 heteroatoms. The van der Waals surface area contributed by atoms with E-state index in [-0.39, 0.29) is 13.2 Å². The number of benzene rings is 1. The molecular formula is C13H16F2N2O3. The number of hydrogen-bond acceptors (Lipinski definition) is 5. The number of nitrogens with two attached hydrogens (primary N) is 1. The van der Waals surface area contributed by atoms with Crippen LogP contribution in [0.5, 0.6) is 0 Å². The van der Waals surface area contributed by atoms with Crippen LogP contribution in [0, 0.1) is 5.92 Å². The monoisotopic (exact) mass is 286 g/mol. The highest BCUT2D eigenvalue weighted by atomic mass is 19.3. The maximum absolute atomic E-state index is 12.8. The van der Waals surface area contributed by atoms with Crippen LogP contribution in [0.4, 0.5) is 20.2 Å². The van der Waals surface area contributed by atoms with Gasteiger partial charge < -0.3 is 20.5 Å². The van der Waals surface area contributed by atoms with Gasteiger partial charge in [-0.3, -0.25) is 0 Å². The van der Waals surface area contributed by atoms with Crippen molar-refractivity contribution < 1.29 is 23.0 Å². The van der Waals surface area contributed by atoms with Crippen molar-refractivity contribution in [1.29, 1.82) is 0 Å². The van der Waals surface area contributed by atoms with Gasteiger partial charge in [0.2, 0.25) is 6.43 Å². The molecule has 0 bridgehead atoms. The standard InChI is InChI=1S/C13H16F2N2O3/c1-19-13(18)7-2-3-9(16)10(4-7)17-11-6-20-5-8(11)12(14)15/h2-4,8,11-12,17H,5-6,16H2,1H3/t8-,11?/m1/s1. The van der Waals surface area contributed by atoms with E-state index in [0.29, 0.717) is 16.9 Å². The predicted molar refractivity (Wildman–Crippen MR) is 69.9 cm³/mol. The summed E-state index contributed by atoms with van der Waals surface area (Å²) in [4.78, 5) is 11.5. The van der Waals surface area contributed by atoms with E-state index in [2.05, 4.69) is 10.1 Å². The first kappa shape index (κ1) is 14.5. The highest BCUT2D eigenvalue weighted by Gasteiger charge is 2.35. The van der Waals surface area contributed by atoms with E-state index in [4.69, 9.17) is 10.5 Å². The molecule has 110 valence electrons. The molecule has 0 radical (unpaired) electrons. The molecule has 3 N–H and O–H groups in total. The number of methoxy groups -OCH3 is 1. The Morgan fingerprint density at radius 1 is 1.50 bits per heavy atom. The second-order valence-corrected chi connectivity index (χ2v) is 4.58. The van der Waals surface area contributed by atoms with Gasteiger partial charge in [-0.15, -0.1) is 0 Å². The number of hydrogen-bond donors (Lipinski definition) is 2. The van der Waals surface area contributed by atoms with E-state index >= 15 is 0 Å². The number of nitrogens with one attached hydrogen (secondary N) is 1. The quantitative estimate of drug-likeness (QED) is 0.651. The van der Waals surface area contributed by atoms with Crippen LogP contribution in [0.2, 0.25) is 0 Å². The summed E-state index contributed by atoms with van der Waals surface area (Å²) in [6, 6.07) is 4.00. The van der Waals surface area contributed by atoms with Crippen molar-refractivity contribution in [2.45, 2.75) is 12.5 Å². The van der Waals surface area contributed by atoms with Gasteiger partial charge in [0.1, 0.15) is 0 Å². The van der Waals surface area contributed by atoms with Crippen molar-refractivity contribution in [2.75, 3.05) is 31.4 Å². The molecule has 1 fully saturated rings. The van der Waals surface area contributed by atoms with Crippen LogP contribution in [0.3, 0.4) is 0 Å². The number of alkyl halides is 2. The number of ether oxygens (including phenoxy) is 2. The first-order chi connectivity index (χ1) is 9.52. The third-order valence-corrected chi connectivity index (χ3v) is 3.26. The summed E-state index contributed by atoms with van der Waals surface area (Å²) in [5.41, 5.74) is 6.89. The minimum absolute atomic E-state index is 0.00588. The van der Waals surface area contributed by atoms with Crippen molar-refractivity contribution >= 4 is 17.3 Å². The van der Waals surface area contributed by atoms with E-state index in [0.717, 1.165) is 0 Å². The van der Waals surface area contributed by atoms with Gasteiger partial charge in [-0.05, 0) is 18.2 Å². The van der Waals surface area contributed by atoms with E-state index in [9.17, 15) is 13.6 Å². The molecule has 0 aromatic heterocycles. The van der Waals surface area contributed by atoms with Crippen LogP contribution >= 0.6 is 0 Å². The molecule has 0 spiro atoms. The Kier molecular flexibility index (Phi) is 4.39. The van der Waals surface area contributed by atoms with E-state index in [1.165, 1.54) is 25.3 Å². The molecule has 0 aliphatic carbocycles. The average Bonchev–Trinajstić information content (AvgIpc) is 2.88. The minimum Gasteiger partial charge on any atom is -0.465 e. The Bertz CT molecular complexity index is 497. The summed E-state index contributed by atoms with van der Waals surface area (Å²) in [6.45, 7) is 0.183. The summed E-state index contributed by atoms with van der Waals surface area (Å²) < 4.78 is 35.3. The Balaban J connectivity index is 2.18. The molecule has 1 aliphatic heterocycles. The van der Waals surface area contributed by atoms with Crippen molar-refractivity contribution in [3.63, 3.8) is 0 Å². The molecule has 1 aromatic carbocycles. The van der Waals surface area contributed by atoms with Gasteiger partial charge in [-0.1, -0.05) is 0 Å². The molecule has 0 amide bonds. The summed E-state index contributed by atoms with van der Waals surface area (Å²) >= 11 is 0. The number of nitrogen functional groups attached to an aromatic ring is 1. The summed E-state index contributed by atoms with van der Waals surface area (Å²) in [7, 11) is 1.27. The molecular weight excluding hydrogens is 270 g/mol. The number of carbonyl (C=O) groups is 1. The van der Waals surface area contributed by atoms with Crippen LogP contribution in [-0.4, -0.2) is 38.8 Å². The highest BCUT2D eigenvalue weighted by Crippen LogP contribution is 2.28. The molecule has 1 saturated heterocycles. The third kappa shape index (κ3) is 2.98. The van der Waals surface area contributed by atoms with Gasteiger partial charge >= 0.3 is 5.97 Å². The smallest absolute Gasteiger partial charge is 0.337 e. The Morgan fingerprint density at radius 2 is 2.25 bits per heavy atom. The largest absolute Gasteiger partial charge is 0.465 e. The lowest BCUT2D eigenvalue weighted by Crippen LogP contribution is -2.32. The normalized spacial score (nSPS) is 22.0. The van der Waals surface area contributed by atoms with Crippen LogP contribution in [0.15, 0.2) is 18.2 Å². The molecule has 2 rings (SSSR count). The van der Waals surface area contributed by atoms with E-state index in [1.54, 1.807) is 0 Å². The zero-order chi connectivity index (χ0) is 14.7. The average molecular weight is 286 g/mol. The molecule has 20 heavy (non-hydrogen) atoms. The van der Waals surface area contributed by atoms with Crippen LogP contribution in [0.25, 0.3) is 0 Å². The fourth-order valence-electron chi connectivity index (χ4n) is 2.09. The van der Waals surface area contributed by atoms with Crippen molar-refractivity contribution in [2.24, 2.45) is 5.92 Å². The van der Waals surface area contributed by atoms with Crippen molar-refractivity contribution in [3.05, 3.63) is 23.8 Å². The Morgan fingerprint density at radius 3 is 2.90 bits per heavy atom. The molecule has 2 atom stereocenters. The van der Waals surface area contributed by atoms with Gasteiger partial charge in [0, 0.05) is 0 Å². The maximum Gasteiger partial charge on any atom is 0.337 e. The second kappa shape index (κ2) is 6.04. The first-order valence-electron chi connectivity index (χ1n) is 6.13. The predicted octanol–water partition coefficient (Wildman–Crippen LogP) is 1.75. The third-order valence-electron chi connectivity index (χ3n) is 3.26. The first-order valence-corrected chi connectivity index (χ1v) is 6.13. The van der Waals surface area contributed by atoms with Crippen LogP contribution in [0.1, 0.15) is 10.4 Å². The fraction of sp³-hybridized carbons (Fsp3) is 0.462. The second-order valence-electron chi connectivity index (χ2n) is 4.58. The SMILES string of the molecule is COC(=O)c1ccc(N)c(NC2COC[C@H]2C(F)F)c1. The highest BCUT2D eigenvalue weighted by molar-refractivity contribution is 5.92. The Labute approximate surface area is 115 Å². The molecule has 1 aliphatic rings. The van der Waals surface area contributed by atoms with E-state index in [1.807, 2.05) is 0 Å². The van der Waals surface area contributed by atoms with Gasteiger partial charge in [0.05, 0.1) is 49.2 Å². The molecule has 1 heterocycles. The summed E-state index contributed by atoms with van der Waals surface area (Å²) in [6.07, 6.45) is -2.47. The summed E-state index contributed by atoms with van der Waals surface area (Å²) in [5, 5.41) is 2.92. The van der Waals surface area contributed by atoms with Gasteiger partial charge in [0.25, 0.3) is 0 Å². The molecule has 1 unspecified atom stereocenters. The number of anilines is 2. The maximum atomic E-state index is 12.8. The van der Waals surface area contributed by atoms with E-state index < -0.39 is 24.4 Å². The van der Waals surface area contributed by atoms with Gasteiger partial charge in [0.15, 0.2) is 0 Å². The lowest BCUT2D eigenvalue weighted by atomic mass is 10.0. The number of esters is 1. The molecule has 5 nitrogen and oxygen atoms in total. The van der Waals surface area contributed by atoms with Crippen molar-refractivity contribution in [1.82, 2.24) is 0 Å².